The van der Waals surface area contributed by atoms with Gasteiger partial charge in [0.2, 0.25) is 5.28 Å². The molecule has 18 heavy (non-hydrogen) atoms. The van der Waals surface area contributed by atoms with E-state index in [1.807, 2.05) is 0 Å². The van der Waals surface area contributed by atoms with Gasteiger partial charge < -0.3 is 15.2 Å². The Labute approximate surface area is 111 Å². The highest BCUT2D eigenvalue weighted by Gasteiger charge is 2.15. The number of halogens is 1. The molecule has 2 N–H and O–H groups in total. The molecule has 1 aliphatic heterocycles. The Morgan fingerprint density at radius 1 is 1.61 bits per heavy atom. The van der Waals surface area contributed by atoms with E-state index in [0.29, 0.717) is 18.0 Å². The molecule has 2 rings (SSSR count). The molecule has 96 valence electrons. The van der Waals surface area contributed by atoms with E-state index < -0.39 is 0 Å². The second-order valence-electron chi connectivity index (χ2n) is 3.92. The van der Waals surface area contributed by atoms with Gasteiger partial charge in [-0.25, -0.2) is 4.98 Å². The average molecular weight is 268 g/mol. The van der Waals surface area contributed by atoms with Gasteiger partial charge in [0.25, 0.3) is 0 Å². The molecule has 1 saturated heterocycles. The number of hydrogen-bond acceptors (Lipinski definition) is 5. The van der Waals surface area contributed by atoms with E-state index in [9.17, 15) is 0 Å². The predicted octanol–water partition coefficient (Wildman–Crippen LogP) is 1.06. The van der Waals surface area contributed by atoms with Crippen LogP contribution in [0.2, 0.25) is 5.28 Å². The fourth-order valence-corrected chi connectivity index (χ4v) is 1.88. The highest BCUT2D eigenvalue weighted by atomic mass is 35.5. The van der Waals surface area contributed by atoms with Gasteiger partial charge in [-0.2, -0.15) is 4.98 Å². The van der Waals surface area contributed by atoms with Crippen LogP contribution in [-0.4, -0.2) is 40.9 Å². The summed E-state index contributed by atoms with van der Waals surface area (Å²) in [5, 5.41) is 12.1. The van der Waals surface area contributed by atoms with E-state index in [1.54, 1.807) is 6.20 Å². The third-order valence-electron chi connectivity index (χ3n) is 2.56. The second kappa shape index (κ2) is 6.55. The third kappa shape index (κ3) is 3.57. The maximum Gasteiger partial charge on any atom is 0.224 e. The molecule has 6 heteroatoms. The molecule has 1 aromatic rings. The van der Waals surface area contributed by atoms with Crippen LogP contribution in [0.3, 0.4) is 0 Å². The largest absolute Gasteiger partial charge is 0.384 e. The zero-order valence-electron chi connectivity index (χ0n) is 9.82. The monoisotopic (exact) mass is 267 g/mol. The Morgan fingerprint density at radius 2 is 2.50 bits per heavy atom. The first kappa shape index (κ1) is 13.1. The SMILES string of the molecule is OCC#Cc1cnc(Cl)nc1NC1CCCOC1. The van der Waals surface area contributed by atoms with Crippen LogP contribution >= 0.6 is 11.6 Å². The van der Waals surface area contributed by atoms with Crippen molar-refractivity contribution in [2.24, 2.45) is 0 Å². The van der Waals surface area contributed by atoms with Gasteiger partial charge >= 0.3 is 0 Å². The molecule has 0 aromatic carbocycles. The molecule has 1 atom stereocenters. The summed E-state index contributed by atoms with van der Waals surface area (Å²) in [5.74, 6) is 5.95. The summed E-state index contributed by atoms with van der Waals surface area (Å²) < 4.78 is 5.39. The van der Waals surface area contributed by atoms with Crippen molar-refractivity contribution < 1.29 is 9.84 Å². The van der Waals surface area contributed by atoms with Crippen molar-refractivity contribution in [3.63, 3.8) is 0 Å². The van der Waals surface area contributed by atoms with E-state index in [2.05, 4.69) is 27.1 Å². The summed E-state index contributed by atoms with van der Waals surface area (Å²) in [4.78, 5) is 8.01. The quantitative estimate of drug-likeness (QED) is 0.620. The Morgan fingerprint density at radius 3 is 3.22 bits per heavy atom. The number of aliphatic hydroxyl groups is 1. The molecule has 0 aliphatic carbocycles. The van der Waals surface area contributed by atoms with Crippen molar-refractivity contribution in [2.45, 2.75) is 18.9 Å². The maximum atomic E-state index is 8.71. The van der Waals surface area contributed by atoms with Crippen molar-refractivity contribution >= 4 is 17.4 Å². The molecule has 0 saturated carbocycles. The normalized spacial score (nSPS) is 18.9. The Balaban J connectivity index is 2.15. The first-order valence-corrected chi connectivity index (χ1v) is 6.14. The molecule has 1 aliphatic rings. The van der Waals surface area contributed by atoms with Crippen LogP contribution in [-0.2, 0) is 4.74 Å². The van der Waals surface area contributed by atoms with Crippen molar-refractivity contribution in [3.05, 3.63) is 17.0 Å². The molecule has 5 nitrogen and oxygen atoms in total. The summed E-state index contributed by atoms with van der Waals surface area (Å²) in [6, 6.07) is 0.208. The van der Waals surface area contributed by atoms with Gasteiger partial charge in [-0.15, -0.1) is 0 Å². The van der Waals surface area contributed by atoms with E-state index in [4.69, 9.17) is 21.4 Å². The lowest BCUT2D eigenvalue weighted by atomic mass is 10.1. The minimum Gasteiger partial charge on any atom is -0.384 e. The van der Waals surface area contributed by atoms with Crippen LogP contribution in [0.4, 0.5) is 5.82 Å². The average Bonchev–Trinajstić information content (AvgIpc) is 2.39. The van der Waals surface area contributed by atoms with Gasteiger partial charge in [-0.3, -0.25) is 0 Å². The topological polar surface area (TPSA) is 67.3 Å². The Kier molecular flexibility index (Phi) is 4.76. The van der Waals surface area contributed by atoms with E-state index in [1.165, 1.54) is 0 Å². The molecule has 0 spiro atoms. The lowest BCUT2D eigenvalue weighted by Crippen LogP contribution is -2.30. The smallest absolute Gasteiger partial charge is 0.224 e. The zero-order chi connectivity index (χ0) is 12.8. The first-order chi connectivity index (χ1) is 8.79. The zero-order valence-corrected chi connectivity index (χ0v) is 10.6. The Bertz CT molecular complexity index is 464. The second-order valence-corrected chi connectivity index (χ2v) is 4.26. The number of hydrogen-bond donors (Lipinski definition) is 2. The van der Waals surface area contributed by atoms with Crippen LogP contribution in [0.5, 0.6) is 0 Å². The summed E-state index contributed by atoms with van der Waals surface area (Å²) >= 11 is 5.78. The number of aliphatic hydroxyl groups excluding tert-OH is 1. The standard InChI is InChI=1S/C12H14ClN3O2/c13-12-14-7-9(3-1-5-17)11(16-12)15-10-4-2-6-18-8-10/h7,10,17H,2,4-6,8H2,(H,14,15,16). The molecular formula is C12H14ClN3O2. The van der Waals surface area contributed by atoms with Crippen LogP contribution < -0.4 is 5.32 Å². The third-order valence-corrected chi connectivity index (χ3v) is 2.74. The van der Waals surface area contributed by atoms with E-state index in [0.717, 1.165) is 19.4 Å². The van der Waals surface area contributed by atoms with Crippen LogP contribution in [0, 0.1) is 11.8 Å². The lowest BCUT2D eigenvalue weighted by Gasteiger charge is -2.24. The van der Waals surface area contributed by atoms with Gasteiger partial charge in [-0.1, -0.05) is 11.8 Å². The van der Waals surface area contributed by atoms with Crippen LogP contribution in [0.1, 0.15) is 18.4 Å². The molecule has 0 amide bonds. The van der Waals surface area contributed by atoms with Crippen molar-refractivity contribution in [1.29, 1.82) is 0 Å². The highest BCUT2D eigenvalue weighted by molar-refractivity contribution is 6.28. The fourth-order valence-electron chi connectivity index (χ4n) is 1.74. The molecule has 2 heterocycles. The molecule has 1 fully saturated rings. The van der Waals surface area contributed by atoms with E-state index >= 15 is 0 Å². The van der Waals surface area contributed by atoms with Gasteiger partial charge in [-0.05, 0) is 24.4 Å². The van der Waals surface area contributed by atoms with E-state index in [-0.39, 0.29) is 17.9 Å². The first-order valence-electron chi connectivity index (χ1n) is 5.76. The van der Waals surface area contributed by atoms with Gasteiger partial charge in [0.1, 0.15) is 12.4 Å². The lowest BCUT2D eigenvalue weighted by molar-refractivity contribution is 0.0875. The van der Waals surface area contributed by atoms with Gasteiger partial charge in [0.15, 0.2) is 0 Å². The van der Waals surface area contributed by atoms with Crippen LogP contribution in [0.15, 0.2) is 6.20 Å². The minimum absolute atomic E-state index is 0.170. The molecule has 1 unspecified atom stereocenters. The molecule has 0 bridgehead atoms. The maximum absolute atomic E-state index is 8.71. The summed E-state index contributed by atoms with van der Waals surface area (Å²) in [5.41, 5.74) is 0.624. The number of ether oxygens (including phenoxy) is 1. The van der Waals surface area contributed by atoms with Crippen molar-refractivity contribution in [2.75, 3.05) is 25.1 Å². The molecule has 1 aromatic heterocycles. The van der Waals surface area contributed by atoms with Crippen molar-refractivity contribution in [3.8, 4) is 11.8 Å². The Hall–Kier alpha value is -1.35. The number of aromatic nitrogens is 2. The number of rotatable bonds is 2. The number of nitrogens with zero attached hydrogens (tertiary/aromatic N) is 2. The summed E-state index contributed by atoms with van der Waals surface area (Å²) in [6.07, 6.45) is 3.59. The predicted molar refractivity (Wildman–Crippen MR) is 68.5 cm³/mol. The highest BCUT2D eigenvalue weighted by Crippen LogP contribution is 2.17. The van der Waals surface area contributed by atoms with Gasteiger partial charge in [0, 0.05) is 12.8 Å². The number of anilines is 1. The van der Waals surface area contributed by atoms with Crippen molar-refractivity contribution in [1.82, 2.24) is 9.97 Å². The number of nitrogens with one attached hydrogen (secondary N) is 1. The van der Waals surface area contributed by atoms with Crippen LogP contribution in [0.25, 0.3) is 0 Å². The minimum atomic E-state index is -0.200. The fraction of sp³-hybridized carbons (Fsp3) is 0.500. The molecular weight excluding hydrogens is 254 g/mol. The van der Waals surface area contributed by atoms with Gasteiger partial charge in [0.05, 0.1) is 18.2 Å². The summed E-state index contributed by atoms with van der Waals surface area (Å²) in [6.45, 7) is 1.25. The molecule has 0 radical (unpaired) electrons. The summed E-state index contributed by atoms with van der Waals surface area (Å²) in [7, 11) is 0.